The van der Waals surface area contributed by atoms with Gasteiger partial charge in [0.1, 0.15) is 0 Å². The first-order chi connectivity index (χ1) is 10.5. The van der Waals surface area contributed by atoms with Crippen molar-refractivity contribution in [3.63, 3.8) is 0 Å². The predicted molar refractivity (Wildman–Crippen MR) is 95.1 cm³/mol. The Bertz CT molecular complexity index is 604. The minimum absolute atomic E-state index is 0.0491. The highest BCUT2D eigenvalue weighted by molar-refractivity contribution is 7.99. The lowest BCUT2D eigenvalue weighted by Gasteiger charge is -2.14. The second kappa shape index (κ2) is 8.04. The molecule has 2 nitrogen and oxygen atoms in total. The molecule has 22 heavy (non-hydrogen) atoms. The molecule has 0 aromatic heterocycles. The van der Waals surface area contributed by atoms with Crippen LogP contribution in [0.1, 0.15) is 35.2 Å². The van der Waals surface area contributed by atoms with E-state index in [1.807, 2.05) is 6.92 Å². The molecule has 1 amide bonds. The monoisotopic (exact) mass is 313 g/mol. The van der Waals surface area contributed by atoms with Gasteiger partial charge in [-0.25, -0.2) is 0 Å². The molecule has 1 N–H and O–H groups in total. The molecule has 1 atom stereocenters. The summed E-state index contributed by atoms with van der Waals surface area (Å²) in [7, 11) is 0. The quantitative estimate of drug-likeness (QED) is 0.855. The molecular weight excluding hydrogens is 290 g/mol. The number of carbonyl (C=O) groups excluding carboxylic acids is 1. The zero-order chi connectivity index (χ0) is 15.9. The molecule has 0 spiro atoms. The van der Waals surface area contributed by atoms with Crippen LogP contribution in [0.3, 0.4) is 0 Å². The van der Waals surface area contributed by atoms with E-state index in [0.29, 0.717) is 5.75 Å². The fourth-order valence-corrected chi connectivity index (χ4v) is 2.97. The van der Waals surface area contributed by atoms with Gasteiger partial charge in [0.05, 0.1) is 11.8 Å². The largest absolute Gasteiger partial charge is 0.349 e. The van der Waals surface area contributed by atoms with Crippen LogP contribution in [-0.2, 0) is 10.5 Å². The van der Waals surface area contributed by atoms with Crippen molar-refractivity contribution in [3.05, 3.63) is 70.8 Å². The molecule has 0 aliphatic rings. The van der Waals surface area contributed by atoms with Crippen LogP contribution >= 0.6 is 11.8 Å². The molecule has 116 valence electrons. The van der Waals surface area contributed by atoms with Gasteiger partial charge in [-0.05, 0) is 31.9 Å². The molecule has 2 aromatic rings. The van der Waals surface area contributed by atoms with Gasteiger partial charge in [-0.2, -0.15) is 0 Å². The minimum atomic E-state index is 0.0491. The van der Waals surface area contributed by atoms with Crippen molar-refractivity contribution in [3.8, 4) is 0 Å². The fraction of sp³-hybridized carbons (Fsp3) is 0.316. The zero-order valence-corrected chi connectivity index (χ0v) is 14.2. The van der Waals surface area contributed by atoms with Crippen molar-refractivity contribution < 1.29 is 4.79 Å². The van der Waals surface area contributed by atoms with Crippen LogP contribution in [0.25, 0.3) is 0 Å². The number of rotatable bonds is 6. The highest BCUT2D eigenvalue weighted by Gasteiger charge is 2.09. The number of thioether (sulfide) groups is 1. The third-order valence-corrected chi connectivity index (χ3v) is 4.58. The maximum Gasteiger partial charge on any atom is 0.230 e. The molecule has 0 aliphatic carbocycles. The molecule has 0 aliphatic heterocycles. The van der Waals surface area contributed by atoms with Gasteiger partial charge in [0, 0.05) is 5.75 Å². The summed E-state index contributed by atoms with van der Waals surface area (Å²) in [5.74, 6) is 1.45. The summed E-state index contributed by atoms with van der Waals surface area (Å²) in [5.41, 5.74) is 4.90. The van der Waals surface area contributed by atoms with E-state index < -0.39 is 0 Å². The second-order valence-corrected chi connectivity index (χ2v) is 6.66. The van der Waals surface area contributed by atoms with E-state index in [9.17, 15) is 4.79 Å². The number of hydrogen-bond donors (Lipinski definition) is 1. The van der Waals surface area contributed by atoms with Crippen LogP contribution in [0.5, 0.6) is 0 Å². The van der Waals surface area contributed by atoms with Crippen molar-refractivity contribution in [1.29, 1.82) is 0 Å². The van der Waals surface area contributed by atoms with Crippen LogP contribution < -0.4 is 5.32 Å². The van der Waals surface area contributed by atoms with Gasteiger partial charge in [-0.3, -0.25) is 4.79 Å². The topological polar surface area (TPSA) is 29.1 Å². The second-order valence-electron chi connectivity index (χ2n) is 5.68. The van der Waals surface area contributed by atoms with Gasteiger partial charge in [-0.1, -0.05) is 59.7 Å². The van der Waals surface area contributed by atoms with E-state index in [0.717, 1.165) is 11.3 Å². The molecule has 0 saturated heterocycles. The molecule has 0 heterocycles. The van der Waals surface area contributed by atoms with Gasteiger partial charge >= 0.3 is 0 Å². The lowest BCUT2D eigenvalue weighted by molar-refractivity contribution is -0.119. The number of aryl methyl sites for hydroxylation is 2. The summed E-state index contributed by atoms with van der Waals surface area (Å²) in [4.78, 5) is 12.0. The Morgan fingerprint density at radius 2 is 1.55 bits per heavy atom. The third kappa shape index (κ3) is 5.23. The average Bonchev–Trinajstić information content (AvgIpc) is 2.50. The molecule has 0 saturated carbocycles. The molecule has 2 rings (SSSR count). The molecule has 2 aromatic carbocycles. The van der Waals surface area contributed by atoms with E-state index in [1.165, 1.54) is 16.7 Å². The first-order valence-electron chi connectivity index (χ1n) is 7.54. The van der Waals surface area contributed by atoms with Crippen molar-refractivity contribution in [1.82, 2.24) is 5.32 Å². The van der Waals surface area contributed by atoms with Crippen LogP contribution in [0.4, 0.5) is 0 Å². The van der Waals surface area contributed by atoms with Crippen molar-refractivity contribution in [2.24, 2.45) is 0 Å². The maximum absolute atomic E-state index is 12.0. The van der Waals surface area contributed by atoms with Gasteiger partial charge in [0.25, 0.3) is 0 Å². The summed E-state index contributed by atoms with van der Waals surface area (Å²) in [6.07, 6.45) is 0. The van der Waals surface area contributed by atoms with E-state index in [2.05, 4.69) is 67.7 Å². The number of amides is 1. The molecule has 0 unspecified atom stereocenters. The van der Waals surface area contributed by atoms with Gasteiger partial charge in [0.2, 0.25) is 5.91 Å². The predicted octanol–water partition coefficient (Wildman–Crippen LogP) is 4.41. The molecule has 3 heteroatoms. The van der Waals surface area contributed by atoms with Crippen LogP contribution in [-0.4, -0.2) is 11.7 Å². The minimum Gasteiger partial charge on any atom is -0.349 e. The van der Waals surface area contributed by atoms with Gasteiger partial charge < -0.3 is 5.32 Å². The average molecular weight is 313 g/mol. The van der Waals surface area contributed by atoms with Gasteiger partial charge in [-0.15, -0.1) is 11.8 Å². The SMILES string of the molecule is Cc1ccc(CSCC(=O)N[C@H](C)c2ccc(C)cc2)cc1. The number of benzene rings is 2. The molecule has 0 radical (unpaired) electrons. The number of hydrogen-bond acceptors (Lipinski definition) is 2. The normalized spacial score (nSPS) is 12.0. The number of carbonyl (C=O) groups is 1. The lowest BCUT2D eigenvalue weighted by atomic mass is 10.1. The van der Waals surface area contributed by atoms with E-state index >= 15 is 0 Å². The lowest BCUT2D eigenvalue weighted by Crippen LogP contribution is -2.28. The van der Waals surface area contributed by atoms with Gasteiger partial charge in [0.15, 0.2) is 0 Å². The summed E-state index contributed by atoms with van der Waals surface area (Å²) in [6.45, 7) is 6.17. The summed E-state index contributed by atoms with van der Waals surface area (Å²) in [5, 5.41) is 3.05. The standard InChI is InChI=1S/C19H23NOS/c1-14-4-8-17(9-5-14)12-22-13-19(21)20-16(3)18-10-6-15(2)7-11-18/h4-11,16H,12-13H2,1-3H3,(H,20,21)/t16-/m1/s1. The highest BCUT2D eigenvalue weighted by Crippen LogP contribution is 2.15. The van der Waals surface area contributed by atoms with Crippen molar-refractivity contribution in [2.45, 2.75) is 32.6 Å². The van der Waals surface area contributed by atoms with E-state index in [1.54, 1.807) is 11.8 Å². The van der Waals surface area contributed by atoms with Crippen LogP contribution in [0.2, 0.25) is 0 Å². The third-order valence-electron chi connectivity index (χ3n) is 3.58. The Morgan fingerprint density at radius 3 is 2.14 bits per heavy atom. The Hall–Kier alpha value is -1.74. The first-order valence-corrected chi connectivity index (χ1v) is 8.69. The van der Waals surface area contributed by atoms with Crippen LogP contribution in [0.15, 0.2) is 48.5 Å². The Kier molecular flexibility index (Phi) is 6.08. The zero-order valence-electron chi connectivity index (χ0n) is 13.4. The first kappa shape index (κ1) is 16.6. The summed E-state index contributed by atoms with van der Waals surface area (Å²) in [6, 6.07) is 16.8. The fourth-order valence-electron chi connectivity index (χ4n) is 2.17. The van der Waals surface area contributed by atoms with Crippen LogP contribution in [0, 0.1) is 13.8 Å². The summed E-state index contributed by atoms with van der Waals surface area (Å²) < 4.78 is 0. The molecular formula is C19H23NOS. The van der Waals surface area contributed by atoms with E-state index in [-0.39, 0.29) is 11.9 Å². The maximum atomic E-state index is 12.0. The smallest absolute Gasteiger partial charge is 0.230 e. The Balaban J connectivity index is 1.75. The number of nitrogens with one attached hydrogen (secondary N) is 1. The highest BCUT2D eigenvalue weighted by atomic mass is 32.2. The summed E-state index contributed by atoms with van der Waals surface area (Å²) >= 11 is 1.65. The van der Waals surface area contributed by atoms with E-state index in [4.69, 9.17) is 0 Å². The van der Waals surface area contributed by atoms with Crippen molar-refractivity contribution in [2.75, 3.05) is 5.75 Å². The van der Waals surface area contributed by atoms with Crippen molar-refractivity contribution >= 4 is 17.7 Å². The molecule has 0 bridgehead atoms. The Labute approximate surface area is 137 Å². The Morgan fingerprint density at radius 1 is 1.00 bits per heavy atom. The molecule has 0 fully saturated rings.